The van der Waals surface area contributed by atoms with E-state index in [0.717, 1.165) is 25.2 Å². The maximum absolute atomic E-state index is 5.38. The lowest BCUT2D eigenvalue weighted by molar-refractivity contribution is 0.0654. The van der Waals surface area contributed by atoms with Crippen LogP contribution in [0.5, 0.6) is 0 Å². The van der Waals surface area contributed by atoms with Crippen molar-refractivity contribution in [1.29, 1.82) is 0 Å². The van der Waals surface area contributed by atoms with E-state index in [1.165, 1.54) is 38.6 Å². The van der Waals surface area contributed by atoms with Crippen molar-refractivity contribution in [3.63, 3.8) is 0 Å². The molecule has 2 fully saturated rings. The van der Waals surface area contributed by atoms with Gasteiger partial charge in [-0.15, -0.1) is 0 Å². The second kappa shape index (κ2) is 4.84. The first kappa shape index (κ1) is 11.4. The van der Waals surface area contributed by atoms with Crippen LogP contribution in [0.4, 0.5) is 0 Å². The summed E-state index contributed by atoms with van der Waals surface area (Å²) in [5.74, 6) is 0.863. The van der Waals surface area contributed by atoms with E-state index < -0.39 is 0 Å². The van der Waals surface area contributed by atoms with Gasteiger partial charge in [-0.1, -0.05) is 13.8 Å². The van der Waals surface area contributed by atoms with E-state index >= 15 is 0 Å². The van der Waals surface area contributed by atoms with Crippen molar-refractivity contribution in [3.8, 4) is 0 Å². The van der Waals surface area contributed by atoms with E-state index in [1.807, 2.05) is 0 Å². The van der Waals surface area contributed by atoms with Gasteiger partial charge in [0.2, 0.25) is 0 Å². The Morgan fingerprint density at radius 1 is 1.20 bits per heavy atom. The molecule has 1 unspecified atom stereocenters. The van der Waals surface area contributed by atoms with Gasteiger partial charge in [-0.25, -0.2) is 0 Å². The largest absolute Gasteiger partial charge is 0.381 e. The van der Waals surface area contributed by atoms with Gasteiger partial charge in [0.15, 0.2) is 0 Å². The van der Waals surface area contributed by atoms with Crippen molar-refractivity contribution < 1.29 is 4.74 Å². The molecular weight excluding hydrogens is 186 g/mol. The van der Waals surface area contributed by atoms with Crippen LogP contribution in [0.15, 0.2) is 0 Å². The molecular formula is C13H25NO. The Hall–Kier alpha value is -0.0800. The van der Waals surface area contributed by atoms with Crippen LogP contribution in [0.2, 0.25) is 0 Å². The summed E-state index contributed by atoms with van der Waals surface area (Å²) >= 11 is 0. The zero-order valence-electron chi connectivity index (χ0n) is 10.2. The van der Waals surface area contributed by atoms with Crippen molar-refractivity contribution in [3.05, 3.63) is 0 Å². The highest BCUT2D eigenvalue weighted by atomic mass is 16.5. The fourth-order valence-corrected chi connectivity index (χ4v) is 2.89. The van der Waals surface area contributed by atoms with Crippen LogP contribution < -0.4 is 5.32 Å². The van der Waals surface area contributed by atoms with Crippen molar-refractivity contribution in [1.82, 2.24) is 5.32 Å². The van der Waals surface area contributed by atoms with E-state index in [0.29, 0.717) is 5.41 Å². The van der Waals surface area contributed by atoms with E-state index in [4.69, 9.17) is 4.74 Å². The summed E-state index contributed by atoms with van der Waals surface area (Å²) in [4.78, 5) is 0. The molecule has 1 atom stereocenters. The zero-order chi connectivity index (χ0) is 10.7. The summed E-state index contributed by atoms with van der Waals surface area (Å²) < 4.78 is 5.38. The Labute approximate surface area is 93.8 Å². The molecule has 0 aromatic carbocycles. The van der Waals surface area contributed by atoms with Gasteiger partial charge in [-0.05, 0) is 50.0 Å². The summed E-state index contributed by atoms with van der Waals surface area (Å²) in [5, 5.41) is 3.75. The average molecular weight is 211 g/mol. The van der Waals surface area contributed by atoms with Crippen LogP contribution in [-0.4, -0.2) is 25.8 Å². The molecule has 2 aliphatic rings. The van der Waals surface area contributed by atoms with E-state index in [2.05, 4.69) is 19.2 Å². The summed E-state index contributed by atoms with van der Waals surface area (Å²) in [6.07, 6.45) is 6.62. The van der Waals surface area contributed by atoms with Crippen LogP contribution in [0.1, 0.15) is 46.0 Å². The average Bonchev–Trinajstić information content (AvgIpc) is 2.57. The van der Waals surface area contributed by atoms with Crippen molar-refractivity contribution >= 4 is 0 Å². The molecule has 0 bridgehead atoms. The van der Waals surface area contributed by atoms with Crippen LogP contribution in [0.25, 0.3) is 0 Å². The Morgan fingerprint density at radius 3 is 2.53 bits per heavy atom. The van der Waals surface area contributed by atoms with Crippen LogP contribution >= 0.6 is 0 Å². The zero-order valence-corrected chi connectivity index (χ0v) is 10.2. The second-order valence-corrected chi connectivity index (χ2v) is 6.07. The lowest BCUT2D eigenvalue weighted by Gasteiger charge is -2.24. The number of ether oxygens (including phenoxy) is 1. The molecule has 1 aliphatic carbocycles. The Morgan fingerprint density at radius 2 is 1.93 bits per heavy atom. The summed E-state index contributed by atoms with van der Waals surface area (Å²) in [6.45, 7) is 7.95. The predicted molar refractivity (Wildman–Crippen MR) is 63.0 cm³/mol. The highest BCUT2D eigenvalue weighted by Crippen LogP contribution is 2.36. The highest BCUT2D eigenvalue weighted by molar-refractivity contribution is 4.86. The molecule has 88 valence electrons. The van der Waals surface area contributed by atoms with Gasteiger partial charge < -0.3 is 10.1 Å². The first-order valence-corrected chi connectivity index (χ1v) is 6.47. The molecule has 0 amide bonds. The summed E-state index contributed by atoms with van der Waals surface area (Å²) in [6, 6.07) is 0.780. The van der Waals surface area contributed by atoms with Gasteiger partial charge in [-0.2, -0.15) is 0 Å². The molecule has 1 N–H and O–H groups in total. The molecule has 0 spiro atoms. The molecule has 0 radical (unpaired) electrons. The SMILES string of the molecule is CC1(C)CCC(NCC2CCOCC2)C1. The van der Waals surface area contributed by atoms with Crippen LogP contribution in [0.3, 0.4) is 0 Å². The molecule has 1 saturated heterocycles. The summed E-state index contributed by atoms with van der Waals surface area (Å²) in [5.41, 5.74) is 0.577. The van der Waals surface area contributed by atoms with Crippen LogP contribution in [0, 0.1) is 11.3 Å². The third kappa shape index (κ3) is 3.46. The topological polar surface area (TPSA) is 21.3 Å². The van der Waals surface area contributed by atoms with Crippen molar-refractivity contribution in [2.75, 3.05) is 19.8 Å². The van der Waals surface area contributed by atoms with E-state index in [-0.39, 0.29) is 0 Å². The van der Waals surface area contributed by atoms with E-state index in [9.17, 15) is 0 Å². The van der Waals surface area contributed by atoms with Gasteiger partial charge in [-0.3, -0.25) is 0 Å². The van der Waals surface area contributed by atoms with Crippen molar-refractivity contribution in [2.45, 2.75) is 52.0 Å². The number of nitrogens with one attached hydrogen (secondary N) is 1. The van der Waals surface area contributed by atoms with E-state index in [1.54, 1.807) is 0 Å². The predicted octanol–water partition coefficient (Wildman–Crippen LogP) is 2.58. The standard InChI is InChI=1S/C13H25NO/c1-13(2)6-3-12(9-13)14-10-11-4-7-15-8-5-11/h11-12,14H,3-10H2,1-2H3. The number of hydrogen-bond donors (Lipinski definition) is 1. The van der Waals surface area contributed by atoms with Gasteiger partial charge in [0.05, 0.1) is 0 Å². The minimum atomic E-state index is 0.577. The van der Waals surface area contributed by atoms with Crippen molar-refractivity contribution in [2.24, 2.45) is 11.3 Å². The third-order valence-electron chi connectivity index (χ3n) is 4.00. The molecule has 2 rings (SSSR count). The van der Waals surface area contributed by atoms with Gasteiger partial charge >= 0.3 is 0 Å². The minimum Gasteiger partial charge on any atom is -0.381 e. The molecule has 15 heavy (non-hydrogen) atoms. The molecule has 1 saturated carbocycles. The second-order valence-electron chi connectivity index (χ2n) is 6.07. The summed E-state index contributed by atoms with van der Waals surface area (Å²) in [7, 11) is 0. The number of rotatable bonds is 3. The molecule has 0 aromatic rings. The monoisotopic (exact) mass is 211 g/mol. The van der Waals surface area contributed by atoms with Gasteiger partial charge in [0.1, 0.15) is 0 Å². The van der Waals surface area contributed by atoms with Gasteiger partial charge in [0, 0.05) is 19.3 Å². The quantitative estimate of drug-likeness (QED) is 0.774. The molecule has 1 aliphatic heterocycles. The Balaban J connectivity index is 1.65. The first-order chi connectivity index (χ1) is 7.16. The maximum atomic E-state index is 5.38. The molecule has 2 heteroatoms. The lowest BCUT2D eigenvalue weighted by Crippen LogP contribution is -2.34. The smallest absolute Gasteiger partial charge is 0.0469 e. The van der Waals surface area contributed by atoms with Crippen LogP contribution in [-0.2, 0) is 4.74 Å². The highest BCUT2D eigenvalue weighted by Gasteiger charge is 2.30. The lowest BCUT2D eigenvalue weighted by atomic mass is 9.91. The Kier molecular flexibility index (Phi) is 3.68. The number of hydrogen-bond acceptors (Lipinski definition) is 2. The fourth-order valence-electron chi connectivity index (χ4n) is 2.89. The first-order valence-electron chi connectivity index (χ1n) is 6.47. The molecule has 0 aromatic heterocycles. The normalized spacial score (nSPS) is 32.0. The third-order valence-corrected chi connectivity index (χ3v) is 4.00. The Bertz CT molecular complexity index is 197. The van der Waals surface area contributed by atoms with Gasteiger partial charge in [0.25, 0.3) is 0 Å². The molecule has 1 heterocycles. The minimum absolute atomic E-state index is 0.577. The fraction of sp³-hybridized carbons (Fsp3) is 1.00. The molecule has 2 nitrogen and oxygen atoms in total. The maximum Gasteiger partial charge on any atom is 0.0469 e.